The molecule has 0 fully saturated rings. The highest BCUT2D eigenvalue weighted by atomic mass is 32.2. The molecule has 0 saturated carbocycles. The third-order valence-corrected chi connectivity index (χ3v) is 2.96. The number of thioether (sulfide) groups is 1. The van der Waals surface area contributed by atoms with Gasteiger partial charge in [-0.1, -0.05) is 6.08 Å². The van der Waals surface area contributed by atoms with Crippen molar-refractivity contribution >= 4 is 17.7 Å². The Hall–Kier alpha value is -1.43. The number of carbonyl (C=O) groups is 1. The summed E-state index contributed by atoms with van der Waals surface area (Å²) in [5.74, 6) is -0.936. The zero-order valence-corrected chi connectivity index (χ0v) is 9.44. The van der Waals surface area contributed by atoms with Crippen LogP contribution in [0.5, 0.6) is 0 Å². The number of halogens is 3. The molecule has 6 heteroatoms. The maximum atomic E-state index is 12.4. The summed E-state index contributed by atoms with van der Waals surface area (Å²) in [5.41, 5.74) is -1.30. The second-order valence-corrected chi connectivity index (χ2v) is 4.18. The van der Waals surface area contributed by atoms with Crippen LogP contribution in [0.2, 0.25) is 0 Å². The molecule has 1 N–H and O–H groups in total. The molecular formula is C11H9F3O2S. The molecule has 0 unspecified atom stereocenters. The van der Waals surface area contributed by atoms with Gasteiger partial charge in [0, 0.05) is 10.6 Å². The first-order valence-corrected chi connectivity index (χ1v) is 5.53. The van der Waals surface area contributed by atoms with E-state index >= 15 is 0 Å². The first-order chi connectivity index (χ1) is 7.86. The smallest absolute Gasteiger partial charge is 0.416 e. The number of alkyl halides is 3. The van der Waals surface area contributed by atoms with Crippen LogP contribution < -0.4 is 0 Å². The summed E-state index contributed by atoms with van der Waals surface area (Å²) >= 11 is 1.13. The standard InChI is InChI=1S/C11H9F3O2S/c1-2-5-17-9-4-3-7(11(12,13)14)6-8(9)10(15)16/h2-4,6H,1,5H2,(H,15,16). The Morgan fingerprint density at radius 1 is 1.47 bits per heavy atom. The van der Waals surface area contributed by atoms with Crippen LogP contribution in [-0.4, -0.2) is 16.8 Å². The number of aromatic carboxylic acids is 1. The summed E-state index contributed by atoms with van der Waals surface area (Å²) < 4.78 is 37.2. The van der Waals surface area contributed by atoms with Gasteiger partial charge in [0.15, 0.2) is 0 Å². The number of carboxylic acids is 1. The fraction of sp³-hybridized carbons (Fsp3) is 0.182. The minimum atomic E-state index is -4.54. The monoisotopic (exact) mass is 262 g/mol. The lowest BCUT2D eigenvalue weighted by atomic mass is 10.1. The molecule has 0 spiro atoms. The molecule has 0 amide bonds. The van der Waals surface area contributed by atoms with E-state index in [1.807, 2.05) is 0 Å². The second kappa shape index (κ2) is 5.27. The molecule has 1 rings (SSSR count). The van der Waals surface area contributed by atoms with Crippen LogP contribution >= 0.6 is 11.8 Å². The van der Waals surface area contributed by atoms with Crippen LogP contribution in [-0.2, 0) is 6.18 Å². The number of hydrogen-bond donors (Lipinski definition) is 1. The highest BCUT2D eigenvalue weighted by Crippen LogP contribution is 2.33. The second-order valence-electron chi connectivity index (χ2n) is 3.11. The van der Waals surface area contributed by atoms with E-state index in [0.717, 1.165) is 17.8 Å². The molecule has 0 aliphatic rings. The van der Waals surface area contributed by atoms with Crippen LogP contribution in [0, 0.1) is 0 Å². The molecular weight excluding hydrogens is 253 g/mol. The quantitative estimate of drug-likeness (QED) is 0.664. The van der Waals surface area contributed by atoms with Crippen LogP contribution in [0.25, 0.3) is 0 Å². The molecule has 1 aromatic rings. The number of benzene rings is 1. The van der Waals surface area contributed by atoms with E-state index in [-0.39, 0.29) is 5.56 Å². The molecule has 0 aliphatic carbocycles. The maximum absolute atomic E-state index is 12.4. The first kappa shape index (κ1) is 13.6. The Labute approximate surface area is 100 Å². The first-order valence-electron chi connectivity index (χ1n) is 4.54. The van der Waals surface area contributed by atoms with Gasteiger partial charge < -0.3 is 5.11 Å². The van der Waals surface area contributed by atoms with E-state index in [2.05, 4.69) is 6.58 Å². The molecule has 0 heterocycles. The van der Waals surface area contributed by atoms with Crippen molar-refractivity contribution in [2.24, 2.45) is 0 Å². The average Bonchev–Trinajstić information content (AvgIpc) is 2.24. The molecule has 92 valence electrons. The van der Waals surface area contributed by atoms with Gasteiger partial charge in [0.25, 0.3) is 0 Å². The minimum absolute atomic E-state index is 0.297. The van der Waals surface area contributed by atoms with Gasteiger partial charge in [0.2, 0.25) is 0 Å². The molecule has 0 bridgehead atoms. The maximum Gasteiger partial charge on any atom is 0.416 e. The Morgan fingerprint density at radius 3 is 2.59 bits per heavy atom. The van der Waals surface area contributed by atoms with Crippen LogP contribution in [0.15, 0.2) is 35.7 Å². The van der Waals surface area contributed by atoms with E-state index in [1.54, 1.807) is 6.08 Å². The molecule has 17 heavy (non-hydrogen) atoms. The molecule has 0 atom stereocenters. The van der Waals surface area contributed by atoms with Gasteiger partial charge in [-0.2, -0.15) is 13.2 Å². The van der Waals surface area contributed by atoms with E-state index in [0.29, 0.717) is 16.7 Å². The van der Waals surface area contributed by atoms with E-state index in [1.165, 1.54) is 6.07 Å². The molecule has 0 radical (unpaired) electrons. The predicted molar refractivity (Wildman–Crippen MR) is 59.3 cm³/mol. The molecule has 0 aromatic heterocycles. The zero-order chi connectivity index (χ0) is 13.1. The Morgan fingerprint density at radius 2 is 2.12 bits per heavy atom. The van der Waals surface area contributed by atoms with Gasteiger partial charge in [-0.15, -0.1) is 18.3 Å². The van der Waals surface area contributed by atoms with Crippen molar-refractivity contribution in [2.45, 2.75) is 11.1 Å². The van der Waals surface area contributed by atoms with Crippen molar-refractivity contribution < 1.29 is 23.1 Å². The summed E-state index contributed by atoms with van der Waals surface area (Å²) in [6.07, 6.45) is -2.99. The normalized spacial score (nSPS) is 11.2. The van der Waals surface area contributed by atoms with Crippen LogP contribution in [0.4, 0.5) is 13.2 Å². The summed E-state index contributed by atoms with van der Waals surface area (Å²) in [6.45, 7) is 3.46. The highest BCUT2D eigenvalue weighted by Gasteiger charge is 2.31. The van der Waals surface area contributed by atoms with Gasteiger partial charge >= 0.3 is 12.1 Å². The SMILES string of the molecule is C=CCSc1ccc(C(F)(F)F)cc1C(=O)O. The predicted octanol–water partition coefficient (Wildman–Crippen LogP) is 3.68. The van der Waals surface area contributed by atoms with E-state index in [4.69, 9.17) is 5.11 Å². The fourth-order valence-corrected chi connectivity index (χ4v) is 1.91. The van der Waals surface area contributed by atoms with Crippen molar-refractivity contribution in [3.05, 3.63) is 42.0 Å². The Bertz CT molecular complexity index is 441. The number of carboxylic acid groups (broad SMARTS) is 1. The topological polar surface area (TPSA) is 37.3 Å². The summed E-state index contributed by atoms with van der Waals surface area (Å²) in [5, 5.41) is 8.85. The van der Waals surface area contributed by atoms with Gasteiger partial charge in [-0.25, -0.2) is 4.79 Å². The molecule has 0 saturated heterocycles. The van der Waals surface area contributed by atoms with Crippen molar-refractivity contribution in [3.63, 3.8) is 0 Å². The lowest BCUT2D eigenvalue weighted by Crippen LogP contribution is -2.08. The van der Waals surface area contributed by atoms with Crippen molar-refractivity contribution in [1.29, 1.82) is 0 Å². The third-order valence-electron chi connectivity index (χ3n) is 1.89. The van der Waals surface area contributed by atoms with Gasteiger partial charge in [0.1, 0.15) is 0 Å². The number of hydrogen-bond acceptors (Lipinski definition) is 2. The van der Waals surface area contributed by atoms with Crippen LogP contribution in [0.3, 0.4) is 0 Å². The van der Waals surface area contributed by atoms with Crippen LogP contribution in [0.1, 0.15) is 15.9 Å². The van der Waals surface area contributed by atoms with Crippen molar-refractivity contribution in [2.75, 3.05) is 5.75 Å². The minimum Gasteiger partial charge on any atom is -0.478 e. The summed E-state index contributed by atoms with van der Waals surface area (Å²) in [6, 6.07) is 2.69. The molecule has 1 aromatic carbocycles. The molecule has 2 nitrogen and oxygen atoms in total. The average molecular weight is 262 g/mol. The van der Waals surface area contributed by atoms with Gasteiger partial charge in [-0.3, -0.25) is 0 Å². The van der Waals surface area contributed by atoms with E-state index < -0.39 is 17.7 Å². The van der Waals surface area contributed by atoms with Gasteiger partial charge in [0.05, 0.1) is 11.1 Å². The van der Waals surface area contributed by atoms with Crippen molar-refractivity contribution in [3.8, 4) is 0 Å². The number of rotatable bonds is 4. The largest absolute Gasteiger partial charge is 0.478 e. The molecule has 0 aliphatic heterocycles. The Balaban J connectivity index is 3.17. The third kappa shape index (κ3) is 3.52. The highest BCUT2D eigenvalue weighted by molar-refractivity contribution is 7.99. The lowest BCUT2D eigenvalue weighted by Gasteiger charge is -2.10. The Kier molecular flexibility index (Phi) is 4.22. The van der Waals surface area contributed by atoms with Gasteiger partial charge in [-0.05, 0) is 18.2 Å². The zero-order valence-electron chi connectivity index (χ0n) is 8.62. The summed E-state index contributed by atoms with van der Waals surface area (Å²) in [7, 11) is 0. The van der Waals surface area contributed by atoms with E-state index in [9.17, 15) is 18.0 Å². The van der Waals surface area contributed by atoms with Crippen molar-refractivity contribution in [1.82, 2.24) is 0 Å². The fourth-order valence-electron chi connectivity index (χ4n) is 1.15. The summed E-state index contributed by atoms with van der Waals surface area (Å²) in [4.78, 5) is 11.2. The lowest BCUT2D eigenvalue weighted by molar-refractivity contribution is -0.137.